The number of carbonyl (C=O) groups excluding carboxylic acids is 1. The van der Waals surface area contributed by atoms with Crippen LogP contribution in [0.1, 0.15) is 57.1 Å². The third-order valence-electron chi connectivity index (χ3n) is 7.70. The van der Waals surface area contributed by atoms with Crippen LogP contribution in [0.15, 0.2) is 41.4 Å². The number of nitrogens with one attached hydrogen (secondary N) is 4. The molecule has 1 aromatic heterocycles. The van der Waals surface area contributed by atoms with E-state index in [1.807, 2.05) is 6.92 Å². The molecule has 1 aliphatic heterocycles. The van der Waals surface area contributed by atoms with Crippen LogP contribution < -0.4 is 20.7 Å². The molecule has 1 unspecified atom stereocenters. The number of hydrogen-bond acceptors (Lipinski definition) is 6. The lowest BCUT2D eigenvalue weighted by atomic mass is 9.57. The summed E-state index contributed by atoms with van der Waals surface area (Å²) in [6.07, 6.45) is 5.12. The highest BCUT2D eigenvalue weighted by Gasteiger charge is 2.53. The molecule has 182 valence electrons. The van der Waals surface area contributed by atoms with Gasteiger partial charge in [0.05, 0.1) is 11.7 Å². The molecule has 34 heavy (non-hydrogen) atoms. The molecule has 3 aliphatic carbocycles. The first-order valence-electron chi connectivity index (χ1n) is 11.8. The molecule has 0 saturated heterocycles. The number of hydrogen-bond donors (Lipinski definition) is 4. The van der Waals surface area contributed by atoms with Crippen molar-refractivity contribution in [2.75, 3.05) is 23.7 Å². The molecule has 8 nitrogen and oxygen atoms in total. The number of anilines is 2. The Morgan fingerprint density at radius 1 is 1.06 bits per heavy atom. The maximum atomic E-state index is 13.2. The van der Waals surface area contributed by atoms with Crippen LogP contribution in [-0.2, 0) is 14.8 Å². The van der Waals surface area contributed by atoms with Crippen molar-refractivity contribution in [1.82, 2.24) is 15.0 Å². The molecule has 1 atom stereocenters. The fourth-order valence-corrected chi connectivity index (χ4v) is 6.91. The summed E-state index contributed by atoms with van der Waals surface area (Å²) in [7, 11) is -3.75. The molecule has 0 spiro atoms. The molecule has 1 aromatic carbocycles. The van der Waals surface area contributed by atoms with Gasteiger partial charge in [0.2, 0.25) is 15.9 Å². The van der Waals surface area contributed by atoms with E-state index in [1.165, 1.54) is 18.3 Å². The lowest BCUT2D eigenvalue weighted by Gasteiger charge is -2.52. The number of rotatable bonds is 6. The molecule has 2 bridgehead atoms. The van der Waals surface area contributed by atoms with Crippen LogP contribution in [0.25, 0.3) is 0 Å². The summed E-state index contributed by atoms with van der Waals surface area (Å²) in [6, 6.07) is 7.54. The lowest BCUT2D eigenvalue weighted by molar-refractivity contribution is -0.138. The average molecular weight is 488 g/mol. The lowest BCUT2D eigenvalue weighted by Crippen LogP contribution is -2.59. The Morgan fingerprint density at radius 2 is 1.71 bits per heavy atom. The van der Waals surface area contributed by atoms with Gasteiger partial charge in [0.15, 0.2) is 0 Å². The van der Waals surface area contributed by atoms with Gasteiger partial charge in [0.25, 0.3) is 0 Å². The number of benzene rings is 1. The van der Waals surface area contributed by atoms with Gasteiger partial charge in [-0.3, -0.25) is 4.79 Å². The second-order valence-corrected chi connectivity index (χ2v) is 11.5. The van der Waals surface area contributed by atoms with E-state index in [-0.39, 0.29) is 22.7 Å². The van der Waals surface area contributed by atoms with E-state index in [0.717, 1.165) is 12.1 Å². The maximum absolute atomic E-state index is 13.2. The van der Waals surface area contributed by atoms with Crippen molar-refractivity contribution in [3.8, 4) is 0 Å². The van der Waals surface area contributed by atoms with Crippen molar-refractivity contribution in [3.05, 3.63) is 47.9 Å². The van der Waals surface area contributed by atoms with Gasteiger partial charge >= 0.3 is 0 Å². The zero-order chi connectivity index (χ0) is 24.0. The average Bonchev–Trinajstić information content (AvgIpc) is 2.84. The molecule has 2 heterocycles. The van der Waals surface area contributed by atoms with Gasteiger partial charge in [0.1, 0.15) is 16.5 Å². The van der Waals surface area contributed by atoms with Gasteiger partial charge in [-0.05, 0) is 69.2 Å². The first-order chi connectivity index (χ1) is 16.2. The van der Waals surface area contributed by atoms with E-state index in [0.29, 0.717) is 56.6 Å². The highest BCUT2D eigenvalue weighted by atomic mass is 32.2. The van der Waals surface area contributed by atoms with Crippen molar-refractivity contribution in [3.63, 3.8) is 0 Å². The van der Waals surface area contributed by atoms with Crippen molar-refractivity contribution in [1.29, 1.82) is 0 Å². The van der Waals surface area contributed by atoms with Crippen molar-refractivity contribution < 1.29 is 17.6 Å². The minimum absolute atomic E-state index is 0.00190. The molecular weight excluding hydrogens is 457 g/mol. The molecule has 10 heteroatoms. The molecule has 0 radical (unpaired) electrons. The predicted octanol–water partition coefficient (Wildman–Crippen LogP) is 3.31. The van der Waals surface area contributed by atoms with E-state index in [2.05, 4.69) is 25.7 Å². The van der Waals surface area contributed by atoms with Crippen molar-refractivity contribution in [2.24, 2.45) is 5.41 Å². The summed E-state index contributed by atoms with van der Waals surface area (Å²) >= 11 is 0. The predicted molar refractivity (Wildman–Crippen MR) is 127 cm³/mol. The number of sulfonamides is 1. The number of fused-ring (bicyclic) bond motifs is 4. The van der Waals surface area contributed by atoms with Gasteiger partial charge in [0, 0.05) is 30.2 Å². The molecule has 4 N–H and O–H groups in total. The quantitative estimate of drug-likeness (QED) is 0.497. The summed E-state index contributed by atoms with van der Waals surface area (Å²) in [4.78, 5) is 17.6. The zero-order valence-electron chi connectivity index (χ0n) is 19.2. The molecule has 4 aliphatic rings. The highest BCUT2D eigenvalue weighted by Crippen LogP contribution is 2.53. The van der Waals surface area contributed by atoms with Crippen LogP contribution >= 0.6 is 0 Å². The Labute approximate surface area is 199 Å². The summed E-state index contributed by atoms with van der Waals surface area (Å²) < 4.78 is 42.6. The van der Waals surface area contributed by atoms with Crippen LogP contribution in [0.4, 0.5) is 15.9 Å². The van der Waals surface area contributed by atoms with Crippen LogP contribution in [-0.4, -0.2) is 37.9 Å². The summed E-state index contributed by atoms with van der Waals surface area (Å²) in [5.74, 6) is 0.348. The first kappa shape index (κ1) is 23.0. The van der Waals surface area contributed by atoms with E-state index < -0.39 is 21.0 Å². The number of pyridine rings is 1. The zero-order valence-corrected chi connectivity index (χ0v) is 20.0. The van der Waals surface area contributed by atoms with Crippen LogP contribution in [0.2, 0.25) is 0 Å². The Bertz CT molecular complexity index is 1180. The Kier molecular flexibility index (Phi) is 5.76. The van der Waals surface area contributed by atoms with Crippen LogP contribution in [0.5, 0.6) is 0 Å². The number of halogens is 1. The summed E-state index contributed by atoms with van der Waals surface area (Å²) in [5, 5.41) is 9.42. The minimum atomic E-state index is -3.75. The van der Waals surface area contributed by atoms with Crippen LogP contribution in [0, 0.1) is 11.2 Å². The van der Waals surface area contributed by atoms with Gasteiger partial charge in [-0.25, -0.2) is 22.5 Å². The summed E-state index contributed by atoms with van der Waals surface area (Å²) in [6.45, 7) is 3.34. The summed E-state index contributed by atoms with van der Waals surface area (Å²) in [5.41, 5.74) is 0.517. The normalized spacial score (nSPS) is 26.6. The van der Waals surface area contributed by atoms with Crippen molar-refractivity contribution >= 4 is 27.4 Å². The van der Waals surface area contributed by atoms with E-state index in [9.17, 15) is 17.6 Å². The van der Waals surface area contributed by atoms with Crippen molar-refractivity contribution in [2.45, 2.75) is 61.9 Å². The Morgan fingerprint density at radius 3 is 2.38 bits per heavy atom. The highest BCUT2D eigenvalue weighted by molar-refractivity contribution is 7.89. The van der Waals surface area contributed by atoms with Gasteiger partial charge in [-0.15, -0.1) is 0 Å². The largest absolute Gasteiger partial charge is 0.380 e. The topological polar surface area (TPSA) is 112 Å². The maximum Gasteiger partial charge on any atom is 0.242 e. The minimum Gasteiger partial charge on any atom is -0.380 e. The number of carbonyl (C=O) groups is 1. The molecule has 3 saturated carbocycles. The molecule has 2 aromatic rings. The SMILES string of the molecule is CC(NC(=O)C12CCC(NS(=O)(=O)c3cnc4c(c3)NCCN4)(CC1)CC2)c1ccc(F)cc1. The fraction of sp³-hybridized carbons (Fsp3) is 0.500. The first-order valence-corrected chi connectivity index (χ1v) is 13.3. The smallest absolute Gasteiger partial charge is 0.242 e. The Hall–Kier alpha value is -2.72. The molecular formula is C24H30FN5O3S. The third kappa shape index (κ3) is 4.24. The standard InChI is InChI=1S/C24H30FN5O3S/c1-16(17-2-4-18(25)5-3-17)29-22(31)23-6-9-24(10-7-23,11-8-23)30-34(32,33)19-14-20-21(28-15-19)27-13-12-26-20/h2-5,14-16,26,30H,6-13H2,1H3,(H,27,28)(H,29,31). The second-order valence-electron chi connectivity index (χ2n) is 9.83. The van der Waals surface area contributed by atoms with E-state index >= 15 is 0 Å². The van der Waals surface area contributed by atoms with Gasteiger partial charge in [-0.2, -0.15) is 0 Å². The van der Waals surface area contributed by atoms with Gasteiger partial charge < -0.3 is 16.0 Å². The Balaban J connectivity index is 1.25. The molecule has 1 amide bonds. The second kappa shape index (κ2) is 8.49. The van der Waals surface area contributed by atoms with Crippen LogP contribution in [0.3, 0.4) is 0 Å². The number of nitrogens with zero attached hydrogens (tertiary/aromatic N) is 1. The van der Waals surface area contributed by atoms with E-state index in [4.69, 9.17) is 0 Å². The fourth-order valence-electron chi connectivity index (χ4n) is 5.45. The van der Waals surface area contributed by atoms with E-state index in [1.54, 1.807) is 18.2 Å². The third-order valence-corrected chi connectivity index (χ3v) is 9.25. The monoisotopic (exact) mass is 487 g/mol. The van der Waals surface area contributed by atoms with Gasteiger partial charge in [-0.1, -0.05) is 12.1 Å². The number of amides is 1. The molecule has 6 rings (SSSR count). The number of aromatic nitrogens is 1. The molecule has 3 fully saturated rings.